The molecule has 0 amide bonds. The van der Waals surface area contributed by atoms with Crippen molar-refractivity contribution in [1.82, 2.24) is 0 Å². The fraction of sp³-hybridized carbons (Fsp3) is 0.978. The van der Waals surface area contributed by atoms with Gasteiger partial charge in [0.1, 0.15) is 0 Å². The van der Waals surface area contributed by atoms with Crippen LogP contribution in [0.2, 0.25) is 0 Å². The van der Waals surface area contributed by atoms with E-state index in [0.717, 1.165) is 12.8 Å². The van der Waals surface area contributed by atoms with Crippen molar-refractivity contribution in [1.29, 1.82) is 0 Å². The molecule has 0 aromatic rings. The van der Waals surface area contributed by atoms with Crippen LogP contribution in [0, 0.1) is 0 Å². The second kappa shape index (κ2) is 44.5. The Labute approximate surface area is 304 Å². The highest BCUT2D eigenvalue weighted by atomic mass is 16.5. The minimum absolute atomic E-state index is 0.0324. The van der Waals surface area contributed by atoms with Gasteiger partial charge in [-0.05, 0) is 12.8 Å². The molecule has 0 aromatic carbocycles. The Bertz CT molecular complexity index is 572. The fourth-order valence-electron chi connectivity index (χ4n) is 7.32. The van der Waals surface area contributed by atoms with Gasteiger partial charge < -0.3 is 4.74 Å². The third-order valence-corrected chi connectivity index (χ3v) is 10.7. The molecule has 0 aliphatic carbocycles. The summed E-state index contributed by atoms with van der Waals surface area (Å²) in [7, 11) is 0. The van der Waals surface area contributed by atoms with Gasteiger partial charge in [0.05, 0.1) is 6.61 Å². The second-order valence-electron chi connectivity index (χ2n) is 15.8. The lowest BCUT2D eigenvalue weighted by molar-refractivity contribution is -0.143. The minimum Gasteiger partial charge on any atom is -0.466 e. The van der Waals surface area contributed by atoms with Crippen LogP contribution in [0.1, 0.15) is 284 Å². The lowest BCUT2D eigenvalue weighted by Crippen LogP contribution is -2.05. The number of hydrogen-bond acceptors (Lipinski definition) is 2. The molecule has 0 unspecified atom stereocenters. The van der Waals surface area contributed by atoms with Crippen molar-refractivity contribution in [2.45, 2.75) is 284 Å². The maximum absolute atomic E-state index is 12.0. The molecule has 0 rings (SSSR count). The molecule has 0 spiro atoms. The number of carbonyl (C=O) groups is 1. The highest BCUT2D eigenvalue weighted by molar-refractivity contribution is 5.69. The molecule has 48 heavy (non-hydrogen) atoms. The second-order valence-corrected chi connectivity index (χ2v) is 15.8. The zero-order chi connectivity index (χ0) is 34.7. The SMILES string of the molecule is CCCCCCCCCCCCCCCCCCCCCCCCCCOC(=O)CCCCCCCCCCCCCCCCCCC. The average Bonchev–Trinajstić information content (AvgIpc) is 3.09. The molecule has 0 saturated carbocycles. The van der Waals surface area contributed by atoms with Crippen molar-refractivity contribution < 1.29 is 9.53 Å². The molecule has 2 heteroatoms. The van der Waals surface area contributed by atoms with E-state index in [1.165, 1.54) is 250 Å². The Morgan fingerprint density at radius 3 is 0.688 bits per heavy atom. The molecule has 0 atom stereocenters. The van der Waals surface area contributed by atoms with E-state index < -0.39 is 0 Å². The molecule has 0 aliphatic rings. The van der Waals surface area contributed by atoms with Gasteiger partial charge >= 0.3 is 5.97 Å². The standard InChI is InChI=1S/C46H92O2/c1-3-5-7-9-11-13-15-17-19-21-22-23-24-25-26-27-29-31-33-35-37-39-41-43-45-48-46(47)44-42-40-38-36-34-32-30-28-20-18-16-14-12-10-8-6-4-2/h3-45H2,1-2H3. The number of hydrogen-bond donors (Lipinski definition) is 0. The van der Waals surface area contributed by atoms with Gasteiger partial charge in [0.25, 0.3) is 0 Å². The van der Waals surface area contributed by atoms with Gasteiger partial charge in [0.15, 0.2) is 0 Å². The number of unbranched alkanes of at least 4 members (excludes halogenated alkanes) is 39. The van der Waals surface area contributed by atoms with Crippen LogP contribution in [0.3, 0.4) is 0 Å². The van der Waals surface area contributed by atoms with Gasteiger partial charge in [-0.25, -0.2) is 0 Å². The number of esters is 1. The maximum atomic E-state index is 12.0. The Hall–Kier alpha value is -0.530. The first-order chi connectivity index (χ1) is 23.8. The minimum atomic E-state index is 0.0324. The predicted octanol–water partition coefficient (Wildman–Crippen LogP) is 17.0. The largest absolute Gasteiger partial charge is 0.466 e. The molecule has 0 heterocycles. The van der Waals surface area contributed by atoms with E-state index in [1.54, 1.807) is 0 Å². The molecule has 2 nitrogen and oxygen atoms in total. The number of carbonyl (C=O) groups excluding carboxylic acids is 1. The summed E-state index contributed by atoms with van der Waals surface area (Å²) >= 11 is 0. The van der Waals surface area contributed by atoms with Gasteiger partial charge in [-0.15, -0.1) is 0 Å². The van der Waals surface area contributed by atoms with E-state index in [1.807, 2.05) is 0 Å². The Balaban J connectivity index is 3.13. The van der Waals surface area contributed by atoms with Crippen LogP contribution >= 0.6 is 0 Å². The summed E-state index contributed by atoms with van der Waals surface area (Å²) in [6, 6.07) is 0. The third-order valence-electron chi connectivity index (χ3n) is 10.7. The van der Waals surface area contributed by atoms with E-state index in [2.05, 4.69) is 13.8 Å². The van der Waals surface area contributed by atoms with Crippen molar-refractivity contribution >= 4 is 5.97 Å². The smallest absolute Gasteiger partial charge is 0.305 e. The molecular formula is C46H92O2. The average molecular weight is 677 g/mol. The van der Waals surface area contributed by atoms with Gasteiger partial charge in [-0.3, -0.25) is 4.79 Å². The summed E-state index contributed by atoms with van der Waals surface area (Å²) in [5, 5.41) is 0. The molecule has 0 aromatic heterocycles. The van der Waals surface area contributed by atoms with E-state index >= 15 is 0 Å². The summed E-state index contributed by atoms with van der Waals surface area (Å²) in [4.78, 5) is 12.0. The first kappa shape index (κ1) is 47.5. The topological polar surface area (TPSA) is 26.3 Å². The third kappa shape index (κ3) is 43.5. The summed E-state index contributed by atoms with van der Waals surface area (Å²) in [5.41, 5.74) is 0. The van der Waals surface area contributed by atoms with Crippen LogP contribution in [-0.2, 0) is 9.53 Å². The van der Waals surface area contributed by atoms with Crippen LogP contribution in [-0.4, -0.2) is 12.6 Å². The lowest BCUT2D eigenvalue weighted by atomic mass is 10.0. The Morgan fingerprint density at radius 2 is 0.458 bits per heavy atom. The van der Waals surface area contributed by atoms with Crippen molar-refractivity contribution in [3.8, 4) is 0 Å². The normalized spacial score (nSPS) is 11.5. The highest BCUT2D eigenvalue weighted by Crippen LogP contribution is 2.17. The summed E-state index contributed by atoms with van der Waals surface area (Å²) in [6.07, 6.45) is 57.9. The van der Waals surface area contributed by atoms with Crippen molar-refractivity contribution in [3.05, 3.63) is 0 Å². The van der Waals surface area contributed by atoms with Crippen LogP contribution in [0.15, 0.2) is 0 Å². The molecule has 0 saturated heterocycles. The zero-order valence-electron chi connectivity index (χ0n) is 33.7. The van der Waals surface area contributed by atoms with Crippen molar-refractivity contribution in [2.24, 2.45) is 0 Å². The Kier molecular flexibility index (Phi) is 44.0. The highest BCUT2D eigenvalue weighted by Gasteiger charge is 2.03. The van der Waals surface area contributed by atoms with E-state index in [9.17, 15) is 4.79 Å². The van der Waals surface area contributed by atoms with Gasteiger partial charge in [0, 0.05) is 6.42 Å². The molecule has 0 fully saturated rings. The monoisotopic (exact) mass is 677 g/mol. The quantitative estimate of drug-likeness (QED) is 0.0474. The lowest BCUT2D eigenvalue weighted by Gasteiger charge is -2.06. The maximum Gasteiger partial charge on any atom is 0.305 e. The Morgan fingerprint density at radius 1 is 0.271 bits per heavy atom. The summed E-state index contributed by atoms with van der Waals surface area (Å²) in [6.45, 7) is 5.23. The molecule has 0 bridgehead atoms. The van der Waals surface area contributed by atoms with Gasteiger partial charge in [0.2, 0.25) is 0 Å². The first-order valence-electron chi connectivity index (χ1n) is 23.0. The van der Waals surface area contributed by atoms with Crippen LogP contribution in [0.5, 0.6) is 0 Å². The molecule has 0 radical (unpaired) electrons. The van der Waals surface area contributed by atoms with Crippen molar-refractivity contribution in [3.63, 3.8) is 0 Å². The van der Waals surface area contributed by atoms with Gasteiger partial charge in [-0.1, -0.05) is 264 Å². The van der Waals surface area contributed by atoms with Crippen LogP contribution < -0.4 is 0 Å². The molecular weight excluding hydrogens is 585 g/mol. The molecule has 0 aliphatic heterocycles. The van der Waals surface area contributed by atoms with Crippen LogP contribution in [0.25, 0.3) is 0 Å². The van der Waals surface area contributed by atoms with Crippen LogP contribution in [0.4, 0.5) is 0 Å². The first-order valence-corrected chi connectivity index (χ1v) is 23.0. The van der Waals surface area contributed by atoms with Gasteiger partial charge in [-0.2, -0.15) is 0 Å². The zero-order valence-corrected chi connectivity index (χ0v) is 33.7. The molecule has 288 valence electrons. The molecule has 0 N–H and O–H groups in total. The predicted molar refractivity (Wildman–Crippen MR) is 216 cm³/mol. The number of rotatable bonds is 43. The van der Waals surface area contributed by atoms with E-state index in [0.29, 0.717) is 13.0 Å². The summed E-state index contributed by atoms with van der Waals surface area (Å²) in [5.74, 6) is 0.0324. The van der Waals surface area contributed by atoms with E-state index in [-0.39, 0.29) is 5.97 Å². The van der Waals surface area contributed by atoms with Crippen molar-refractivity contribution in [2.75, 3.05) is 6.61 Å². The summed E-state index contributed by atoms with van der Waals surface area (Å²) < 4.78 is 5.48. The fourth-order valence-corrected chi connectivity index (χ4v) is 7.32. The van der Waals surface area contributed by atoms with E-state index in [4.69, 9.17) is 4.74 Å². The number of ether oxygens (including phenoxy) is 1.